The van der Waals surface area contributed by atoms with Gasteiger partial charge in [-0.2, -0.15) is 0 Å². The van der Waals surface area contributed by atoms with Gasteiger partial charge in [-0.3, -0.25) is 14.5 Å². The Labute approximate surface area is 229 Å². The number of ketones is 1. The number of hydrogen-bond donors (Lipinski definition) is 1. The van der Waals surface area contributed by atoms with E-state index in [1.165, 1.54) is 28.1 Å². The highest BCUT2D eigenvalue weighted by Gasteiger charge is 2.53. The minimum atomic E-state index is -1.58. The summed E-state index contributed by atoms with van der Waals surface area (Å²) < 4.78 is 23.0. The minimum Gasteiger partial charge on any atom is -0.497 e. The maximum Gasteiger partial charge on any atom is 0.340 e. The highest BCUT2D eigenvalue weighted by molar-refractivity contribution is 6.36. The van der Waals surface area contributed by atoms with Gasteiger partial charge in [0.05, 0.1) is 29.4 Å². The van der Waals surface area contributed by atoms with Crippen molar-refractivity contribution in [2.45, 2.75) is 57.9 Å². The molecule has 1 fully saturated rings. The van der Waals surface area contributed by atoms with Crippen molar-refractivity contribution in [3.8, 4) is 0 Å². The van der Waals surface area contributed by atoms with Gasteiger partial charge in [0.2, 0.25) is 0 Å². The number of nitrogens with zero attached hydrogens (tertiary/aromatic N) is 1. The lowest BCUT2D eigenvalue weighted by atomic mass is 9.75. The lowest BCUT2D eigenvalue weighted by molar-refractivity contribution is -0.144. The van der Waals surface area contributed by atoms with Crippen LogP contribution < -0.4 is 5.32 Å². The first-order valence-electron chi connectivity index (χ1n) is 12.6. The number of carbonyl (C=O) groups is 3. The summed E-state index contributed by atoms with van der Waals surface area (Å²) in [5.74, 6) is -1.23. The summed E-state index contributed by atoms with van der Waals surface area (Å²) in [4.78, 5) is 40.4. The number of benzene rings is 1. The summed E-state index contributed by atoms with van der Waals surface area (Å²) >= 11 is 6.60. The Balaban J connectivity index is 2.10. The molecule has 1 aliphatic heterocycles. The van der Waals surface area contributed by atoms with Crippen molar-refractivity contribution in [3.63, 3.8) is 0 Å². The standard InChI is InChI=1S/C28H37ClN2O7/c1-16(2)30-21-10-8-9-20(25(21)29)27(34)38-26-24(19-12-14-31(5)22(19)15-37-18(4)33)23(35-6)11-13-28(26,36-7)17(3)32/h8-11,13,16,19,22,26,30H,12,14-15H2,1-7H3. The summed E-state index contributed by atoms with van der Waals surface area (Å²) in [6.45, 7) is 7.51. The van der Waals surface area contributed by atoms with E-state index in [1.807, 2.05) is 20.9 Å². The van der Waals surface area contributed by atoms with Crippen LogP contribution in [0, 0.1) is 5.92 Å². The maximum absolute atomic E-state index is 13.6. The summed E-state index contributed by atoms with van der Waals surface area (Å²) in [5, 5.41) is 3.43. The number of rotatable bonds is 10. The molecule has 1 aliphatic carbocycles. The van der Waals surface area contributed by atoms with Crippen molar-refractivity contribution >= 4 is 35.0 Å². The number of likely N-dealkylation sites (tertiary alicyclic amines) is 1. The van der Waals surface area contributed by atoms with E-state index in [0.717, 1.165) is 0 Å². The highest BCUT2D eigenvalue weighted by atomic mass is 35.5. The normalized spacial score (nSPS) is 25.4. The number of anilines is 1. The van der Waals surface area contributed by atoms with Gasteiger partial charge in [-0.15, -0.1) is 0 Å². The SMILES string of the molecule is COC1=C(C2CCN(C)C2COC(C)=O)C(OC(=O)c2cccc(NC(C)C)c2Cl)C(OC)(C(C)=O)C=C1. The Morgan fingerprint density at radius 1 is 1.21 bits per heavy atom. The van der Waals surface area contributed by atoms with Crippen LogP contribution in [0.3, 0.4) is 0 Å². The average Bonchev–Trinajstić information content (AvgIpc) is 3.22. The zero-order valence-electron chi connectivity index (χ0n) is 23.0. The number of likely N-dealkylation sites (N-methyl/N-ethyl adjacent to an activating group) is 1. The molecule has 1 heterocycles. The molecule has 0 amide bonds. The summed E-state index contributed by atoms with van der Waals surface area (Å²) in [6.07, 6.45) is 2.75. The third kappa shape index (κ3) is 5.90. The monoisotopic (exact) mass is 548 g/mol. The molecule has 38 heavy (non-hydrogen) atoms. The Kier molecular flexibility index (Phi) is 9.62. The van der Waals surface area contributed by atoms with E-state index >= 15 is 0 Å². The van der Waals surface area contributed by atoms with Crippen LogP contribution in [0.5, 0.6) is 0 Å². The lowest BCUT2D eigenvalue weighted by Crippen LogP contribution is -2.55. The highest BCUT2D eigenvalue weighted by Crippen LogP contribution is 2.43. The molecule has 4 unspecified atom stereocenters. The van der Waals surface area contributed by atoms with Crippen LogP contribution in [0.2, 0.25) is 5.02 Å². The van der Waals surface area contributed by atoms with Crippen molar-refractivity contribution < 1.29 is 33.3 Å². The number of carbonyl (C=O) groups excluding carboxylic acids is 3. The number of halogens is 1. The van der Waals surface area contributed by atoms with E-state index in [-0.39, 0.29) is 41.0 Å². The van der Waals surface area contributed by atoms with Gasteiger partial charge in [0, 0.05) is 31.6 Å². The summed E-state index contributed by atoms with van der Waals surface area (Å²) in [5.41, 5.74) is -0.245. The second kappa shape index (κ2) is 12.3. The quantitative estimate of drug-likeness (QED) is 0.434. The molecule has 3 rings (SSSR count). The second-order valence-corrected chi connectivity index (χ2v) is 10.3. The molecule has 0 aromatic heterocycles. The molecule has 208 valence electrons. The number of esters is 2. The van der Waals surface area contributed by atoms with Gasteiger partial charge in [-0.25, -0.2) is 4.79 Å². The van der Waals surface area contributed by atoms with Crippen LogP contribution >= 0.6 is 11.6 Å². The van der Waals surface area contributed by atoms with Crippen LogP contribution in [0.4, 0.5) is 5.69 Å². The Morgan fingerprint density at radius 3 is 2.50 bits per heavy atom. The number of ether oxygens (including phenoxy) is 4. The molecule has 0 spiro atoms. The number of methoxy groups -OCH3 is 2. The van der Waals surface area contributed by atoms with Gasteiger partial charge in [-0.1, -0.05) is 17.7 Å². The molecule has 4 atom stereocenters. The molecule has 0 bridgehead atoms. The third-order valence-electron chi connectivity index (χ3n) is 7.11. The van der Waals surface area contributed by atoms with Gasteiger partial charge < -0.3 is 24.3 Å². The Morgan fingerprint density at radius 2 is 1.92 bits per heavy atom. The molecule has 0 saturated carbocycles. The van der Waals surface area contributed by atoms with Gasteiger partial charge >= 0.3 is 11.9 Å². The molecule has 1 saturated heterocycles. The van der Waals surface area contributed by atoms with E-state index in [2.05, 4.69) is 10.2 Å². The minimum absolute atomic E-state index is 0.0911. The first-order valence-corrected chi connectivity index (χ1v) is 13.0. The third-order valence-corrected chi connectivity index (χ3v) is 7.52. The lowest BCUT2D eigenvalue weighted by Gasteiger charge is -2.41. The first-order chi connectivity index (χ1) is 18.0. The molecule has 2 aliphatic rings. The van der Waals surface area contributed by atoms with Crippen LogP contribution in [0.1, 0.15) is 44.5 Å². The van der Waals surface area contributed by atoms with Gasteiger partial charge in [0.1, 0.15) is 12.4 Å². The van der Waals surface area contributed by atoms with Crippen molar-refractivity contribution in [1.29, 1.82) is 0 Å². The fraction of sp³-hybridized carbons (Fsp3) is 0.536. The topological polar surface area (TPSA) is 103 Å². The summed E-state index contributed by atoms with van der Waals surface area (Å²) in [7, 11) is 4.85. The van der Waals surface area contributed by atoms with Gasteiger partial charge in [-0.05, 0) is 65.1 Å². The zero-order valence-corrected chi connectivity index (χ0v) is 23.8. The molecule has 10 heteroatoms. The second-order valence-electron chi connectivity index (χ2n) is 9.91. The predicted molar refractivity (Wildman–Crippen MR) is 144 cm³/mol. The number of nitrogens with one attached hydrogen (secondary N) is 1. The van der Waals surface area contributed by atoms with E-state index in [9.17, 15) is 14.4 Å². The van der Waals surface area contributed by atoms with Crippen molar-refractivity contribution in [2.24, 2.45) is 5.92 Å². The zero-order chi connectivity index (χ0) is 28.2. The molecule has 0 radical (unpaired) electrons. The van der Waals surface area contributed by atoms with E-state index in [1.54, 1.807) is 30.4 Å². The van der Waals surface area contributed by atoms with Crippen LogP contribution in [-0.2, 0) is 28.5 Å². The van der Waals surface area contributed by atoms with Gasteiger partial charge in [0.15, 0.2) is 17.5 Å². The fourth-order valence-electron chi connectivity index (χ4n) is 5.18. The number of hydrogen-bond acceptors (Lipinski definition) is 9. The smallest absolute Gasteiger partial charge is 0.340 e. The average molecular weight is 549 g/mol. The Hall–Kier alpha value is -2.88. The fourth-order valence-corrected chi connectivity index (χ4v) is 5.44. The first kappa shape index (κ1) is 29.7. The molecule has 1 aromatic rings. The molecular weight excluding hydrogens is 512 g/mol. The molecule has 1 aromatic carbocycles. The van der Waals surface area contributed by atoms with E-state index in [4.69, 9.17) is 30.5 Å². The largest absolute Gasteiger partial charge is 0.497 e. The predicted octanol–water partition coefficient (Wildman–Crippen LogP) is 4.01. The molecule has 9 nitrogen and oxygen atoms in total. The van der Waals surface area contributed by atoms with Crippen LogP contribution in [-0.4, -0.2) is 80.8 Å². The maximum atomic E-state index is 13.6. The number of allylic oxidation sites excluding steroid dienone is 1. The molecule has 1 N–H and O–H groups in total. The van der Waals surface area contributed by atoms with Crippen molar-refractivity contribution in [1.82, 2.24) is 4.90 Å². The number of Topliss-reactive ketones (excluding diaryl/α,β-unsaturated/α-hetero) is 1. The van der Waals surface area contributed by atoms with Crippen LogP contribution in [0.15, 0.2) is 41.7 Å². The molecular formula is C28H37ClN2O7. The van der Waals surface area contributed by atoms with Crippen molar-refractivity contribution in [3.05, 3.63) is 52.3 Å². The van der Waals surface area contributed by atoms with E-state index < -0.39 is 23.6 Å². The summed E-state index contributed by atoms with van der Waals surface area (Å²) in [6, 6.07) is 4.93. The van der Waals surface area contributed by atoms with Crippen LogP contribution in [0.25, 0.3) is 0 Å². The van der Waals surface area contributed by atoms with Gasteiger partial charge in [0.25, 0.3) is 0 Å². The van der Waals surface area contributed by atoms with E-state index in [0.29, 0.717) is 30.0 Å². The van der Waals surface area contributed by atoms with Crippen molar-refractivity contribution in [2.75, 3.05) is 39.7 Å². The Bertz CT molecular complexity index is 1130.